The number of benzene rings is 2. The van der Waals surface area contributed by atoms with Crippen molar-refractivity contribution in [2.24, 2.45) is 0 Å². The predicted molar refractivity (Wildman–Crippen MR) is 140 cm³/mol. The minimum Gasteiger partial charge on any atom is -0.487 e. The Kier molecular flexibility index (Phi) is 6.90. The van der Waals surface area contributed by atoms with Crippen LogP contribution in [0.2, 0.25) is 5.02 Å². The SMILES string of the molecule is Cc1cc(-n2cc(F)cn2)c2cccc(OCc3c(Cl)cc(F)cc3[C@H](C)NC(=O)C3=COC(C)(C)O3)c2n1. The summed E-state index contributed by atoms with van der Waals surface area (Å²) in [5.41, 5.74) is 2.78. The Morgan fingerprint density at radius 3 is 2.72 bits per heavy atom. The summed E-state index contributed by atoms with van der Waals surface area (Å²) in [6.45, 7) is 6.83. The molecule has 0 radical (unpaired) electrons. The van der Waals surface area contributed by atoms with Gasteiger partial charge in [-0.15, -0.1) is 0 Å². The number of pyridine rings is 1. The van der Waals surface area contributed by atoms with Gasteiger partial charge in [0.25, 0.3) is 5.91 Å². The van der Waals surface area contributed by atoms with Crippen LogP contribution in [0.5, 0.6) is 5.75 Å². The lowest BCUT2D eigenvalue weighted by molar-refractivity contribution is -0.137. The highest BCUT2D eigenvalue weighted by atomic mass is 35.5. The topological polar surface area (TPSA) is 87.5 Å². The van der Waals surface area contributed by atoms with Crippen molar-refractivity contribution in [3.8, 4) is 11.4 Å². The van der Waals surface area contributed by atoms with Gasteiger partial charge in [-0.3, -0.25) is 4.79 Å². The second-order valence-electron chi connectivity index (χ2n) is 9.58. The number of ether oxygens (including phenoxy) is 3. The molecule has 8 nitrogen and oxygen atoms in total. The van der Waals surface area contributed by atoms with Gasteiger partial charge in [-0.05, 0) is 43.7 Å². The number of fused-ring (bicyclic) bond motifs is 1. The number of aromatic nitrogens is 3. The molecule has 0 aliphatic carbocycles. The average Bonchev–Trinajstić information content (AvgIpc) is 3.47. The van der Waals surface area contributed by atoms with Gasteiger partial charge in [0.2, 0.25) is 11.5 Å². The number of amides is 1. The molecule has 202 valence electrons. The normalized spacial score (nSPS) is 14.9. The molecular formula is C28H25ClF2N4O4. The van der Waals surface area contributed by atoms with E-state index >= 15 is 0 Å². The van der Waals surface area contributed by atoms with Crippen LogP contribution in [-0.2, 0) is 20.9 Å². The molecule has 1 aliphatic rings. The number of carbonyl (C=O) groups is 1. The third-order valence-corrected chi connectivity index (χ3v) is 6.45. The third-order valence-electron chi connectivity index (χ3n) is 6.12. The van der Waals surface area contributed by atoms with Gasteiger partial charge in [0.1, 0.15) is 30.0 Å². The maximum atomic E-state index is 14.4. The Morgan fingerprint density at radius 1 is 1.23 bits per heavy atom. The minimum atomic E-state index is -0.951. The smallest absolute Gasteiger partial charge is 0.290 e. The van der Waals surface area contributed by atoms with Crippen molar-refractivity contribution < 1.29 is 27.8 Å². The third kappa shape index (κ3) is 5.51. The number of rotatable bonds is 7. The number of aryl methyl sites for hydroxylation is 1. The van der Waals surface area contributed by atoms with Crippen molar-refractivity contribution in [1.82, 2.24) is 20.1 Å². The van der Waals surface area contributed by atoms with Crippen molar-refractivity contribution in [3.63, 3.8) is 0 Å². The second-order valence-corrected chi connectivity index (χ2v) is 9.99. The largest absolute Gasteiger partial charge is 0.487 e. The fraction of sp³-hybridized carbons (Fsp3) is 0.250. The van der Waals surface area contributed by atoms with Gasteiger partial charge in [0.15, 0.2) is 5.82 Å². The van der Waals surface area contributed by atoms with E-state index in [0.29, 0.717) is 39.2 Å². The van der Waals surface area contributed by atoms with Crippen molar-refractivity contribution >= 4 is 28.4 Å². The number of halogens is 3. The maximum Gasteiger partial charge on any atom is 0.290 e. The Morgan fingerprint density at radius 2 is 2.03 bits per heavy atom. The first-order valence-electron chi connectivity index (χ1n) is 12.1. The van der Waals surface area contributed by atoms with Gasteiger partial charge >= 0.3 is 0 Å². The minimum absolute atomic E-state index is 0.0113. The summed E-state index contributed by atoms with van der Waals surface area (Å²) in [7, 11) is 0. The van der Waals surface area contributed by atoms with E-state index in [1.54, 1.807) is 39.0 Å². The van der Waals surface area contributed by atoms with E-state index in [4.69, 9.17) is 25.8 Å². The van der Waals surface area contributed by atoms with E-state index in [-0.39, 0.29) is 17.4 Å². The lowest BCUT2D eigenvalue weighted by Gasteiger charge is -2.21. The van der Waals surface area contributed by atoms with Crippen molar-refractivity contribution in [2.75, 3.05) is 0 Å². The summed E-state index contributed by atoms with van der Waals surface area (Å²) in [6, 6.07) is 9.01. The highest BCUT2D eigenvalue weighted by Gasteiger charge is 2.32. The first kappa shape index (κ1) is 26.4. The Bertz CT molecular complexity index is 1620. The summed E-state index contributed by atoms with van der Waals surface area (Å²) in [6.07, 6.45) is 3.65. The Hall–Kier alpha value is -4.18. The standard InChI is InChI=1S/C28H25ClF2N4O4/c1-15-8-23(35-12-18(31)11-32-35)19-6-5-7-24(26(19)33-15)37-13-21-20(9-17(30)10-22(21)29)16(2)34-27(36)25-14-38-28(3,4)39-25/h5-12,14,16H,13H2,1-4H3,(H,34,36)/t16-/m0/s1. The van der Waals surface area contributed by atoms with E-state index in [0.717, 1.165) is 6.20 Å². The summed E-state index contributed by atoms with van der Waals surface area (Å²) < 4.78 is 46.5. The molecule has 0 unspecified atom stereocenters. The zero-order chi connectivity index (χ0) is 27.9. The quantitative estimate of drug-likeness (QED) is 0.300. The highest BCUT2D eigenvalue weighted by molar-refractivity contribution is 6.31. The lowest BCUT2D eigenvalue weighted by Crippen LogP contribution is -2.31. The van der Waals surface area contributed by atoms with Gasteiger partial charge in [-0.2, -0.15) is 5.10 Å². The molecule has 0 bridgehead atoms. The van der Waals surface area contributed by atoms with Crippen LogP contribution in [0.1, 0.15) is 43.6 Å². The number of para-hydroxylation sites is 1. The molecule has 0 fully saturated rings. The molecule has 1 atom stereocenters. The number of hydrogen-bond donors (Lipinski definition) is 1. The predicted octanol–water partition coefficient (Wildman–Crippen LogP) is 6.04. The van der Waals surface area contributed by atoms with Crippen LogP contribution < -0.4 is 10.1 Å². The summed E-state index contributed by atoms with van der Waals surface area (Å²) in [4.78, 5) is 17.4. The van der Waals surface area contributed by atoms with E-state index in [1.807, 2.05) is 13.0 Å². The Labute approximate surface area is 228 Å². The summed E-state index contributed by atoms with van der Waals surface area (Å²) >= 11 is 6.45. The molecular weight excluding hydrogens is 530 g/mol. The first-order chi connectivity index (χ1) is 18.5. The molecule has 4 aromatic rings. The van der Waals surface area contributed by atoms with Crippen LogP contribution in [-0.4, -0.2) is 26.5 Å². The molecule has 11 heteroatoms. The Balaban J connectivity index is 1.43. The average molecular weight is 555 g/mol. The summed E-state index contributed by atoms with van der Waals surface area (Å²) in [5, 5.41) is 7.70. The van der Waals surface area contributed by atoms with Gasteiger partial charge in [-0.1, -0.05) is 23.7 Å². The van der Waals surface area contributed by atoms with E-state index in [1.165, 1.54) is 29.3 Å². The van der Waals surface area contributed by atoms with Crippen LogP contribution in [0, 0.1) is 18.6 Å². The van der Waals surface area contributed by atoms with Crippen LogP contribution in [0.15, 0.2) is 60.8 Å². The molecule has 2 aromatic heterocycles. The fourth-order valence-corrected chi connectivity index (χ4v) is 4.60. The molecule has 1 N–H and O–H groups in total. The molecule has 5 rings (SSSR count). The summed E-state index contributed by atoms with van der Waals surface area (Å²) in [5.74, 6) is -2.03. The molecule has 3 heterocycles. The highest BCUT2D eigenvalue weighted by Crippen LogP contribution is 2.33. The lowest BCUT2D eigenvalue weighted by atomic mass is 10.0. The van der Waals surface area contributed by atoms with Gasteiger partial charge in [0, 0.05) is 30.5 Å². The van der Waals surface area contributed by atoms with Crippen molar-refractivity contribution in [2.45, 2.75) is 46.1 Å². The molecule has 2 aromatic carbocycles. The first-order valence-corrected chi connectivity index (χ1v) is 12.5. The second kappa shape index (κ2) is 10.2. The number of carbonyl (C=O) groups excluding carboxylic acids is 1. The van der Waals surface area contributed by atoms with Crippen molar-refractivity contribution in [1.29, 1.82) is 0 Å². The molecule has 39 heavy (non-hydrogen) atoms. The van der Waals surface area contributed by atoms with Gasteiger partial charge in [-0.25, -0.2) is 18.4 Å². The molecule has 0 saturated heterocycles. The molecule has 1 aliphatic heterocycles. The molecule has 0 saturated carbocycles. The van der Waals surface area contributed by atoms with E-state index in [2.05, 4.69) is 15.4 Å². The number of nitrogens with zero attached hydrogens (tertiary/aromatic N) is 3. The van der Waals surface area contributed by atoms with Gasteiger partial charge < -0.3 is 19.5 Å². The van der Waals surface area contributed by atoms with Crippen molar-refractivity contribution in [3.05, 3.63) is 94.3 Å². The van der Waals surface area contributed by atoms with Crippen LogP contribution in [0.25, 0.3) is 16.6 Å². The maximum absolute atomic E-state index is 14.4. The fourth-order valence-electron chi connectivity index (χ4n) is 4.33. The number of nitrogens with one attached hydrogen (secondary N) is 1. The zero-order valence-corrected chi connectivity index (χ0v) is 22.3. The van der Waals surface area contributed by atoms with Crippen LogP contribution >= 0.6 is 11.6 Å². The van der Waals surface area contributed by atoms with Crippen LogP contribution in [0.3, 0.4) is 0 Å². The van der Waals surface area contributed by atoms with E-state index in [9.17, 15) is 13.6 Å². The zero-order valence-electron chi connectivity index (χ0n) is 21.6. The number of hydrogen-bond acceptors (Lipinski definition) is 6. The monoisotopic (exact) mass is 554 g/mol. The molecule has 1 amide bonds. The van der Waals surface area contributed by atoms with Gasteiger partial charge in [0.05, 0.1) is 29.1 Å². The molecule has 0 spiro atoms. The van der Waals surface area contributed by atoms with E-state index < -0.39 is 29.4 Å². The van der Waals surface area contributed by atoms with Crippen LogP contribution in [0.4, 0.5) is 8.78 Å².